The summed E-state index contributed by atoms with van der Waals surface area (Å²) in [6, 6.07) is -0.247. The van der Waals surface area contributed by atoms with Crippen molar-refractivity contribution in [2.45, 2.75) is 46.6 Å². The first-order valence-electron chi connectivity index (χ1n) is 6.95. The van der Waals surface area contributed by atoms with Gasteiger partial charge < -0.3 is 20.1 Å². The molecule has 2 amide bonds. The summed E-state index contributed by atoms with van der Waals surface area (Å²) in [5.74, 6) is -0.899. The van der Waals surface area contributed by atoms with Crippen LogP contribution in [0.15, 0.2) is 0 Å². The monoisotopic (exact) mass is 288 g/mol. The third-order valence-corrected chi connectivity index (χ3v) is 3.15. The van der Waals surface area contributed by atoms with Crippen LogP contribution in [0.3, 0.4) is 0 Å². The average molecular weight is 288 g/mol. The minimum Gasteiger partial charge on any atom is -0.481 e. The molecule has 0 spiro atoms. The van der Waals surface area contributed by atoms with E-state index in [0.29, 0.717) is 13.2 Å². The maximum absolute atomic E-state index is 12.1. The lowest BCUT2D eigenvalue weighted by molar-refractivity contribution is -0.137. The zero-order valence-corrected chi connectivity index (χ0v) is 13.2. The largest absolute Gasteiger partial charge is 0.481 e. The van der Waals surface area contributed by atoms with E-state index in [1.54, 1.807) is 12.0 Å². The second kappa shape index (κ2) is 8.79. The molecule has 0 aromatic carbocycles. The molecule has 0 bridgehead atoms. The fraction of sp³-hybridized carbons (Fsp3) is 0.857. The second-order valence-corrected chi connectivity index (χ2v) is 6.00. The zero-order chi connectivity index (χ0) is 15.8. The summed E-state index contributed by atoms with van der Waals surface area (Å²) in [7, 11) is 1.65. The van der Waals surface area contributed by atoms with Crippen molar-refractivity contribution in [1.82, 2.24) is 10.2 Å². The Morgan fingerprint density at radius 2 is 1.95 bits per heavy atom. The maximum atomic E-state index is 12.1. The lowest BCUT2D eigenvalue weighted by Crippen LogP contribution is -2.47. The first-order chi connectivity index (χ1) is 9.19. The van der Waals surface area contributed by atoms with Gasteiger partial charge in [0.1, 0.15) is 0 Å². The van der Waals surface area contributed by atoms with Gasteiger partial charge in [0.2, 0.25) is 0 Å². The molecule has 0 heterocycles. The van der Waals surface area contributed by atoms with Crippen LogP contribution in [0.4, 0.5) is 4.79 Å². The molecular weight excluding hydrogens is 260 g/mol. The van der Waals surface area contributed by atoms with Crippen LogP contribution in [0.2, 0.25) is 0 Å². The molecule has 0 rings (SSSR count). The number of carboxylic acids is 1. The standard InChI is InChI=1S/C14H28N2O4/c1-11(2)16(8-6-12(17)18)13(19)15-10-14(3,4)7-9-20-5/h11H,6-10H2,1-5H3,(H,15,19)(H,17,18). The summed E-state index contributed by atoms with van der Waals surface area (Å²) >= 11 is 0. The van der Waals surface area contributed by atoms with Crippen LogP contribution in [-0.4, -0.2) is 54.9 Å². The number of amides is 2. The van der Waals surface area contributed by atoms with Crippen LogP contribution >= 0.6 is 0 Å². The molecule has 0 aliphatic rings. The van der Waals surface area contributed by atoms with Crippen LogP contribution in [0, 0.1) is 5.41 Å². The number of carboxylic acid groups (broad SMARTS) is 1. The van der Waals surface area contributed by atoms with E-state index < -0.39 is 5.97 Å². The summed E-state index contributed by atoms with van der Waals surface area (Å²) in [5, 5.41) is 11.6. The molecule has 6 heteroatoms. The molecule has 118 valence electrons. The van der Waals surface area contributed by atoms with Crippen molar-refractivity contribution in [2.24, 2.45) is 5.41 Å². The van der Waals surface area contributed by atoms with Gasteiger partial charge in [0.25, 0.3) is 0 Å². The Hall–Kier alpha value is -1.30. The quantitative estimate of drug-likeness (QED) is 0.679. The number of hydrogen-bond acceptors (Lipinski definition) is 3. The number of methoxy groups -OCH3 is 1. The Morgan fingerprint density at radius 3 is 2.40 bits per heavy atom. The SMILES string of the molecule is COCCC(C)(C)CNC(=O)N(CCC(=O)O)C(C)C. The molecule has 20 heavy (non-hydrogen) atoms. The lowest BCUT2D eigenvalue weighted by Gasteiger charge is -2.30. The fourth-order valence-corrected chi connectivity index (χ4v) is 1.69. The van der Waals surface area contributed by atoms with E-state index in [1.807, 2.05) is 13.8 Å². The Morgan fingerprint density at radius 1 is 1.35 bits per heavy atom. The van der Waals surface area contributed by atoms with E-state index in [-0.39, 0.29) is 30.5 Å². The van der Waals surface area contributed by atoms with Crippen LogP contribution in [0.1, 0.15) is 40.5 Å². The molecule has 6 nitrogen and oxygen atoms in total. The number of nitrogens with zero attached hydrogens (tertiary/aromatic N) is 1. The lowest BCUT2D eigenvalue weighted by atomic mass is 9.90. The van der Waals surface area contributed by atoms with Crippen molar-refractivity contribution in [2.75, 3.05) is 26.8 Å². The molecule has 0 saturated carbocycles. The highest BCUT2D eigenvalue weighted by Gasteiger charge is 2.22. The first-order valence-corrected chi connectivity index (χ1v) is 6.95. The number of hydrogen-bond donors (Lipinski definition) is 2. The van der Waals surface area contributed by atoms with E-state index in [9.17, 15) is 9.59 Å². The third kappa shape index (κ3) is 7.99. The van der Waals surface area contributed by atoms with Gasteiger partial charge >= 0.3 is 12.0 Å². The smallest absolute Gasteiger partial charge is 0.317 e. The van der Waals surface area contributed by atoms with Gasteiger partial charge in [0.05, 0.1) is 6.42 Å². The number of rotatable bonds is 9. The van der Waals surface area contributed by atoms with E-state index in [4.69, 9.17) is 9.84 Å². The minimum atomic E-state index is -0.899. The van der Waals surface area contributed by atoms with Crippen molar-refractivity contribution in [3.05, 3.63) is 0 Å². The van der Waals surface area contributed by atoms with Crippen molar-refractivity contribution in [3.8, 4) is 0 Å². The fourth-order valence-electron chi connectivity index (χ4n) is 1.69. The molecular formula is C14H28N2O4. The van der Waals surface area contributed by atoms with Gasteiger partial charge in [-0.15, -0.1) is 0 Å². The van der Waals surface area contributed by atoms with E-state index in [2.05, 4.69) is 19.2 Å². The highest BCUT2D eigenvalue weighted by atomic mass is 16.5. The molecule has 2 N–H and O–H groups in total. The van der Waals surface area contributed by atoms with Gasteiger partial charge in [0, 0.05) is 32.8 Å². The van der Waals surface area contributed by atoms with Gasteiger partial charge in [-0.3, -0.25) is 4.79 Å². The maximum Gasteiger partial charge on any atom is 0.317 e. The summed E-state index contributed by atoms with van der Waals surface area (Å²) in [4.78, 5) is 24.3. The predicted octanol–water partition coefficient (Wildman–Crippen LogP) is 1.94. The topological polar surface area (TPSA) is 78.9 Å². The van der Waals surface area contributed by atoms with Crippen LogP contribution in [0.25, 0.3) is 0 Å². The van der Waals surface area contributed by atoms with Crippen molar-refractivity contribution in [3.63, 3.8) is 0 Å². The van der Waals surface area contributed by atoms with Gasteiger partial charge in [-0.05, 0) is 25.7 Å². The van der Waals surface area contributed by atoms with Crippen molar-refractivity contribution in [1.29, 1.82) is 0 Å². The van der Waals surface area contributed by atoms with Gasteiger partial charge in [0.15, 0.2) is 0 Å². The Labute approximate surface area is 121 Å². The summed E-state index contributed by atoms with van der Waals surface area (Å²) in [6.45, 7) is 9.26. The van der Waals surface area contributed by atoms with Crippen LogP contribution in [0.5, 0.6) is 0 Å². The Bertz CT molecular complexity index is 316. The van der Waals surface area contributed by atoms with E-state index >= 15 is 0 Å². The molecule has 0 radical (unpaired) electrons. The van der Waals surface area contributed by atoms with E-state index in [1.165, 1.54) is 0 Å². The highest BCUT2D eigenvalue weighted by molar-refractivity contribution is 5.75. The average Bonchev–Trinajstić information content (AvgIpc) is 2.33. The summed E-state index contributed by atoms with van der Waals surface area (Å²) in [5.41, 5.74) is -0.0544. The predicted molar refractivity (Wildman–Crippen MR) is 77.8 cm³/mol. The van der Waals surface area contributed by atoms with E-state index in [0.717, 1.165) is 6.42 Å². The third-order valence-electron chi connectivity index (χ3n) is 3.15. The van der Waals surface area contributed by atoms with Gasteiger partial charge in [-0.25, -0.2) is 4.79 Å². The second-order valence-electron chi connectivity index (χ2n) is 6.00. The number of urea groups is 1. The highest BCUT2D eigenvalue weighted by Crippen LogP contribution is 2.18. The first kappa shape index (κ1) is 18.7. The number of aliphatic carboxylic acids is 1. The molecule has 0 aliphatic carbocycles. The molecule has 0 saturated heterocycles. The normalized spacial score (nSPS) is 11.5. The molecule has 0 atom stereocenters. The number of nitrogens with one attached hydrogen (secondary N) is 1. The molecule has 0 fully saturated rings. The molecule has 0 aromatic rings. The summed E-state index contributed by atoms with van der Waals surface area (Å²) < 4.78 is 5.05. The Balaban J connectivity index is 4.35. The van der Waals surface area contributed by atoms with Crippen molar-refractivity contribution < 1.29 is 19.4 Å². The van der Waals surface area contributed by atoms with Crippen LogP contribution < -0.4 is 5.32 Å². The number of carbonyl (C=O) groups excluding carboxylic acids is 1. The Kier molecular flexibility index (Phi) is 8.22. The zero-order valence-electron chi connectivity index (χ0n) is 13.2. The summed E-state index contributed by atoms with van der Waals surface area (Å²) in [6.07, 6.45) is 0.805. The van der Waals surface area contributed by atoms with Crippen LogP contribution in [-0.2, 0) is 9.53 Å². The van der Waals surface area contributed by atoms with Gasteiger partial charge in [-0.2, -0.15) is 0 Å². The minimum absolute atomic E-state index is 0.0311. The molecule has 0 aliphatic heterocycles. The number of ether oxygens (including phenoxy) is 1. The molecule has 0 aromatic heterocycles. The van der Waals surface area contributed by atoms with Gasteiger partial charge in [-0.1, -0.05) is 13.8 Å². The number of carbonyl (C=O) groups is 2. The molecule has 0 unspecified atom stereocenters. The van der Waals surface area contributed by atoms with Crippen molar-refractivity contribution >= 4 is 12.0 Å².